The number of Topliss-reactive ketones (excluding diaryl/α,β-unsaturated/α-hetero) is 2. The van der Waals surface area contributed by atoms with Gasteiger partial charge in [0.25, 0.3) is 18.3 Å². The van der Waals surface area contributed by atoms with Gasteiger partial charge in [0.05, 0.1) is 16.8 Å². The zero-order chi connectivity index (χ0) is 33.6. The number of alkyl halides is 6. The molecule has 0 bridgehead atoms. The van der Waals surface area contributed by atoms with Crippen LogP contribution in [0.25, 0.3) is 11.1 Å². The molecule has 4 aromatic rings. The van der Waals surface area contributed by atoms with Crippen LogP contribution in [0.2, 0.25) is 0 Å². The van der Waals surface area contributed by atoms with Gasteiger partial charge < -0.3 is 0 Å². The van der Waals surface area contributed by atoms with Crippen molar-refractivity contribution in [2.45, 2.75) is 63.3 Å². The van der Waals surface area contributed by atoms with Crippen LogP contribution in [0.4, 0.5) is 39.5 Å². The molecule has 0 saturated heterocycles. The molecule has 242 valence electrons. The van der Waals surface area contributed by atoms with Gasteiger partial charge in [0.2, 0.25) is 0 Å². The number of benzene rings is 2. The third-order valence-corrected chi connectivity index (χ3v) is 7.64. The molecule has 2 aromatic heterocycles. The predicted molar refractivity (Wildman–Crippen MR) is 144 cm³/mol. The molecule has 2 aromatic carbocycles. The average molecular weight is 655 g/mol. The fourth-order valence-electron chi connectivity index (χ4n) is 5.67. The van der Waals surface area contributed by atoms with Gasteiger partial charge >= 0.3 is 0 Å². The summed E-state index contributed by atoms with van der Waals surface area (Å²) < 4.78 is 129. The molecule has 5 rings (SSSR count). The van der Waals surface area contributed by atoms with Gasteiger partial charge in [-0.1, -0.05) is 6.07 Å². The number of carbonyl (C=O) groups is 2. The van der Waals surface area contributed by atoms with Gasteiger partial charge in [0.15, 0.2) is 11.6 Å². The van der Waals surface area contributed by atoms with Crippen LogP contribution in [-0.4, -0.2) is 31.3 Å². The standard InChI is InChI=1S/C31H23F9N4O2/c1-15(45)22-10-17(2-3-24(22)34)23-12-41-14-42-26(23)18(6-16-7-19(32)11-20(33)8-16)9-21(46)13-44-28-25(27(43-44)29(35)36)30(37,38)4-5-31(28,39)40/h2-3,7-8,10-12,14,18,29H,4-6,9,13H2,1H3/t18-/m1/s1. The van der Waals surface area contributed by atoms with Crippen molar-refractivity contribution < 1.29 is 49.1 Å². The summed E-state index contributed by atoms with van der Waals surface area (Å²) in [6, 6.07) is 6.10. The highest BCUT2D eigenvalue weighted by Gasteiger charge is 2.55. The van der Waals surface area contributed by atoms with E-state index in [1.165, 1.54) is 18.3 Å². The highest BCUT2D eigenvalue weighted by Crippen LogP contribution is 2.52. The van der Waals surface area contributed by atoms with E-state index in [-0.39, 0.29) is 39.1 Å². The van der Waals surface area contributed by atoms with E-state index in [4.69, 9.17) is 0 Å². The molecule has 0 spiro atoms. The van der Waals surface area contributed by atoms with Crippen molar-refractivity contribution in [3.8, 4) is 11.1 Å². The smallest absolute Gasteiger partial charge is 0.290 e. The van der Waals surface area contributed by atoms with Crippen molar-refractivity contribution in [2.24, 2.45) is 0 Å². The molecule has 15 heteroatoms. The Balaban J connectivity index is 1.57. The molecule has 0 unspecified atom stereocenters. The maximum absolute atomic E-state index is 14.9. The van der Waals surface area contributed by atoms with Crippen LogP contribution < -0.4 is 0 Å². The van der Waals surface area contributed by atoms with Crippen LogP contribution in [0.5, 0.6) is 0 Å². The Hall–Kier alpha value is -4.56. The van der Waals surface area contributed by atoms with E-state index in [1.807, 2.05) is 0 Å². The molecule has 0 aliphatic heterocycles. The zero-order valence-electron chi connectivity index (χ0n) is 23.8. The van der Waals surface area contributed by atoms with Gasteiger partial charge in [-0.3, -0.25) is 14.3 Å². The van der Waals surface area contributed by atoms with Crippen molar-refractivity contribution >= 4 is 11.6 Å². The van der Waals surface area contributed by atoms with Crippen molar-refractivity contribution in [1.82, 2.24) is 19.7 Å². The molecule has 2 heterocycles. The van der Waals surface area contributed by atoms with Gasteiger partial charge in [-0.25, -0.2) is 40.7 Å². The van der Waals surface area contributed by atoms with Crippen molar-refractivity contribution in [3.05, 3.63) is 100 Å². The Bertz CT molecular complexity index is 1800. The zero-order valence-corrected chi connectivity index (χ0v) is 23.8. The van der Waals surface area contributed by atoms with E-state index in [0.717, 1.165) is 31.5 Å². The fourth-order valence-corrected chi connectivity index (χ4v) is 5.67. The summed E-state index contributed by atoms with van der Waals surface area (Å²) in [5.74, 6) is -13.4. The van der Waals surface area contributed by atoms with E-state index in [1.54, 1.807) is 0 Å². The molecule has 0 N–H and O–H groups in total. The van der Waals surface area contributed by atoms with Gasteiger partial charge in [0.1, 0.15) is 41.7 Å². The highest BCUT2D eigenvalue weighted by molar-refractivity contribution is 5.95. The monoisotopic (exact) mass is 654 g/mol. The Labute approximate surface area is 255 Å². The number of carbonyl (C=O) groups excluding carboxylic acids is 2. The Morgan fingerprint density at radius 2 is 1.61 bits per heavy atom. The number of ketones is 2. The summed E-state index contributed by atoms with van der Waals surface area (Å²) in [5, 5.41) is 3.30. The van der Waals surface area contributed by atoms with Gasteiger partial charge in [-0.15, -0.1) is 0 Å². The maximum Gasteiger partial charge on any atom is 0.290 e. The number of hydrogen-bond donors (Lipinski definition) is 0. The summed E-state index contributed by atoms with van der Waals surface area (Å²) in [6.07, 6.45) is -4.94. The number of rotatable bonds is 10. The minimum absolute atomic E-state index is 0.0472. The number of fused-ring (bicyclic) bond motifs is 1. The van der Waals surface area contributed by atoms with Gasteiger partial charge in [-0.05, 0) is 48.7 Å². The number of nitrogens with zero attached hydrogens (tertiary/aromatic N) is 4. The maximum atomic E-state index is 14.9. The number of halogens is 9. The van der Waals surface area contributed by atoms with E-state index < -0.39 is 96.0 Å². The number of aromatic nitrogens is 4. The summed E-state index contributed by atoms with van der Waals surface area (Å²) in [7, 11) is 0. The highest BCUT2D eigenvalue weighted by atomic mass is 19.3. The van der Waals surface area contributed by atoms with Crippen LogP contribution in [0.15, 0.2) is 48.9 Å². The minimum Gasteiger partial charge on any atom is -0.298 e. The fraction of sp³-hybridized carbons (Fsp3) is 0.323. The molecular formula is C31H23F9N4O2. The molecule has 0 amide bonds. The van der Waals surface area contributed by atoms with Crippen LogP contribution in [0.3, 0.4) is 0 Å². The minimum atomic E-state index is -4.04. The molecular weight excluding hydrogens is 631 g/mol. The second-order valence-electron chi connectivity index (χ2n) is 11.0. The summed E-state index contributed by atoms with van der Waals surface area (Å²) in [6.45, 7) is 0.0254. The lowest BCUT2D eigenvalue weighted by molar-refractivity contribution is -0.121. The topological polar surface area (TPSA) is 77.7 Å². The van der Waals surface area contributed by atoms with Crippen LogP contribution in [0.1, 0.15) is 77.1 Å². The first-order valence-corrected chi connectivity index (χ1v) is 13.8. The lowest BCUT2D eigenvalue weighted by atomic mass is 9.86. The van der Waals surface area contributed by atoms with E-state index in [0.29, 0.717) is 6.07 Å². The molecule has 46 heavy (non-hydrogen) atoms. The van der Waals surface area contributed by atoms with Gasteiger partial charge in [0, 0.05) is 43.0 Å². The predicted octanol–water partition coefficient (Wildman–Crippen LogP) is 7.86. The van der Waals surface area contributed by atoms with Crippen molar-refractivity contribution in [3.63, 3.8) is 0 Å². The normalized spacial score (nSPS) is 15.9. The van der Waals surface area contributed by atoms with Crippen molar-refractivity contribution in [2.75, 3.05) is 0 Å². The van der Waals surface area contributed by atoms with Crippen molar-refractivity contribution in [1.29, 1.82) is 0 Å². The Morgan fingerprint density at radius 1 is 0.935 bits per heavy atom. The van der Waals surface area contributed by atoms with E-state index in [9.17, 15) is 49.1 Å². The second-order valence-corrected chi connectivity index (χ2v) is 11.0. The number of hydrogen-bond acceptors (Lipinski definition) is 5. The third-order valence-electron chi connectivity index (χ3n) is 7.64. The molecule has 0 fully saturated rings. The quantitative estimate of drug-likeness (QED) is 0.129. The largest absolute Gasteiger partial charge is 0.298 e. The van der Waals surface area contributed by atoms with Crippen LogP contribution >= 0.6 is 0 Å². The van der Waals surface area contributed by atoms with E-state index >= 15 is 0 Å². The summed E-state index contributed by atoms with van der Waals surface area (Å²) in [4.78, 5) is 33.6. The van der Waals surface area contributed by atoms with Crippen LogP contribution in [0, 0.1) is 17.5 Å². The lowest BCUT2D eigenvalue weighted by Crippen LogP contribution is -2.33. The molecule has 6 nitrogen and oxygen atoms in total. The summed E-state index contributed by atoms with van der Waals surface area (Å²) >= 11 is 0. The Morgan fingerprint density at radius 3 is 2.26 bits per heavy atom. The molecule has 1 atom stereocenters. The SMILES string of the molecule is CC(=O)c1cc(-c2cncnc2[C@@H](CC(=O)Cn2nc(C(F)F)c3c2C(F)(F)CCC3(F)F)Cc2cc(F)cc(F)c2)ccc1F. The molecule has 1 aliphatic carbocycles. The molecule has 0 saturated carbocycles. The molecule has 0 radical (unpaired) electrons. The average Bonchev–Trinajstić information content (AvgIpc) is 3.37. The second kappa shape index (κ2) is 12.3. The van der Waals surface area contributed by atoms with Crippen LogP contribution in [-0.2, 0) is 29.6 Å². The Kier molecular flexibility index (Phi) is 8.79. The first kappa shape index (κ1) is 32.8. The first-order chi connectivity index (χ1) is 21.6. The third kappa shape index (κ3) is 6.53. The molecule has 1 aliphatic rings. The first-order valence-electron chi connectivity index (χ1n) is 13.8. The lowest BCUT2D eigenvalue weighted by Gasteiger charge is -2.29. The van der Waals surface area contributed by atoms with Gasteiger partial charge in [-0.2, -0.15) is 13.9 Å². The van der Waals surface area contributed by atoms with E-state index in [2.05, 4.69) is 15.1 Å². The summed E-state index contributed by atoms with van der Waals surface area (Å²) in [5.41, 5.74) is -4.40.